The van der Waals surface area contributed by atoms with Gasteiger partial charge in [-0.1, -0.05) is 30.3 Å². The summed E-state index contributed by atoms with van der Waals surface area (Å²) in [6.07, 6.45) is 0. The number of nitrogens with one attached hydrogen (secondary N) is 1. The van der Waals surface area contributed by atoms with Crippen LogP contribution in [0.3, 0.4) is 0 Å². The number of hydrogen-bond donors (Lipinski definition) is 1. The number of carbonyl (C=O) groups excluding carboxylic acids is 1. The lowest BCUT2D eigenvalue weighted by Crippen LogP contribution is -2.08. The fourth-order valence-electron chi connectivity index (χ4n) is 2.98. The molecule has 0 aliphatic rings. The summed E-state index contributed by atoms with van der Waals surface area (Å²) < 4.78 is 12.3. The Kier molecular flexibility index (Phi) is 5.18. The molecule has 0 unspecified atom stereocenters. The molecule has 5 nitrogen and oxygen atoms in total. The molecule has 4 rings (SSSR count). The Morgan fingerprint density at radius 2 is 1.72 bits per heavy atom. The van der Waals surface area contributed by atoms with Crippen molar-refractivity contribution < 1.29 is 13.9 Å². The molecule has 144 valence electrons. The molecule has 1 amide bonds. The lowest BCUT2D eigenvalue weighted by molar-refractivity contribution is -0.114. The standard InChI is InChI=1S/C23H16BrNO4/c1-14(26)25-18-10-11-20-22(23(18)24)19(27)13-21(29-20)15-6-5-9-17(12-15)28-16-7-3-2-4-8-16/h2-13H,1H3,(H,25,26). The zero-order chi connectivity index (χ0) is 20.4. The first kappa shape index (κ1) is 19.0. The van der Waals surface area contributed by atoms with E-state index in [-0.39, 0.29) is 11.3 Å². The van der Waals surface area contributed by atoms with Gasteiger partial charge in [0.05, 0.1) is 15.5 Å². The third-order valence-electron chi connectivity index (χ3n) is 4.24. The number of hydrogen-bond acceptors (Lipinski definition) is 4. The van der Waals surface area contributed by atoms with Crippen molar-refractivity contribution in [3.8, 4) is 22.8 Å². The lowest BCUT2D eigenvalue weighted by Gasteiger charge is -2.10. The Bertz CT molecular complexity index is 1270. The second kappa shape index (κ2) is 7.93. The van der Waals surface area contributed by atoms with E-state index in [1.165, 1.54) is 13.0 Å². The number of halogens is 1. The molecule has 1 heterocycles. The zero-order valence-electron chi connectivity index (χ0n) is 15.4. The molecule has 0 atom stereocenters. The molecule has 0 bridgehead atoms. The number of benzene rings is 3. The Hall–Kier alpha value is -3.38. The summed E-state index contributed by atoms with van der Waals surface area (Å²) in [7, 11) is 0. The van der Waals surface area contributed by atoms with Crippen LogP contribution in [0.25, 0.3) is 22.3 Å². The van der Waals surface area contributed by atoms with Crippen LogP contribution in [0.5, 0.6) is 11.5 Å². The second-order valence-corrected chi connectivity index (χ2v) is 7.19. The van der Waals surface area contributed by atoms with Crippen molar-refractivity contribution in [2.75, 3.05) is 5.32 Å². The summed E-state index contributed by atoms with van der Waals surface area (Å²) in [5, 5.41) is 3.06. The SMILES string of the molecule is CC(=O)Nc1ccc2oc(-c3cccc(Oc4ccccc4)c3)cc(=O)c2c1Br. The monoisotopic (exact) mass is 449 g/mol. The van der Waals surface area contributed by atoms with E-state index in [4.69, 9.17) is 9.15 Å². The molecular formula is C23H16BrNO4. The van der Waals surface area contributed by atoms with Crippen molar-refractivity contribution in [3.05, 3.63) is 87.5 Å². The van der Waals surface area contributed by atoms with Gasteiger partial charge in [-0.3, -0.25) is 9.59 Å². The molecule has 0 aliphatic carbocycles. The van der Waals surface area contributed by atoms with Crippen LogP contribution in [-0.2, 0) is 4.79 Å². The summed E-state index contributed by atoms with van der Waals surface area (Å²) >= 11 is 3.40. The van der Waals surface area contributed by atoms with E-state index in [0.29, 0.717) is 32.6 Å². The zero-order valence-corrected chi connectivity index (χ0v) is 17.0. The highest BCUT2D eigenvalue weighted by Gasteiger charge is 2.14. The van der Waals surface area contributed by atoms with Gasteiger partial charge in [0.2, 0.25) is 5.91 Å². The molecule has 0 aliphatic heterocycles. The van der Waals surface area contributed by atoms with E-state index in [9.17, 15) is 9.59 Å². The van der Waals surface area contributed by atoms with Crippen LogP contribution in [0, 0.1) is 0 Å². The van der Waals surface area contributed by atoms with E-state index >= 15 is 0 Å². The maximum absolute atomic E-state index is 12.8. The number of para-hydroxylation sites is 1. The van der Waals surface area contributed by atoms with Gasteiger partial charge < -0.3 is 14.5 Å². The minimum atomic E-state index is -0.221. The van der Waals surface area contributed by atoms with Gasteiger partial charge in [0.25, 0.3) is 0 Å². The average molecular weight is 450 g/mol. The normalized spacial score (nSPS) is 10.7. The maximum Gasteiger partial charge on any atom is 0.221 e. The summed E-state index contributed by atoms with van der Waals surface area (Å²) in [4.78, 5) is 24.1. The fourth-order valence-corrected chi connectivity index (χ4v) is 3.60. The quantitative estimate of drug-likeness (QED) is 0.416. The van der Waals surface area contributed by atoms with Gasteiger partial charge in [0.1, 0.15) is 22.8 Å². The molecule has 1 aromatic heterocycles. The highest BCUT2D eigenvalue weighted by Crippen LogP contribution is 2.33. The van der Waals surface area contributed by atoms with Crippen LogP contribution in [-0.4, -0.2) is 5.91 Å². The van der Waals surface area contributed by atoms with Gasteiger partial charge in [0, 0.05) is 18.6 Å². The van der Waals surface area contributed by atoms with Gasteiger partial charge in [-0.2, -0.15) is 0 Å². The minimum Gasteiger partial charge on any atom is -0.457 e. The summed E-state index contributed by atoms with van der Waals surface area (Å²) in [5.41, 5.74) is 1.44. The highest BCUT2D eigenvalue weighted by molar-refractivity contribution is 9.10. The van der Waals surface area contributed by atoms with Crippen LogP contribution in [0.15, 0.2) is 86.5 Å². The smallest absolute Gasteiger partial charge is 0.221 e. The average Bonchev–Trinajstić information content (AvgIpc) is 2.70. The van der Waals surface area contributed by atoms with Crippen molar-refractivity contribution >= 4 is 38.5 Å². The molecule has 0 saturated carbocycles. The number of carbonyl (C=O) groups is 1. The first-order valence-electron chi connectivity index (χ1n) is 8.88. The molecule has 0 saturated heterocycles. The van der Waals surface area contributed by atoms with Crippen molar-refractivity contribution in [1.29, 1.82) is 0 Å². The van der Waals surface area contributed by atoms with Gasteiger partial charge in [-0.25, -0.2) is 0 Å². The van der Waals surface area contributed by atoms with Gasteiger partial charge >= 0.3 is 0 Å². The molecule has 4 aromatic rings. The highest BCUT2D eigenvalue weighted by atomic mass is 79.9. The molecule has 0 spiro atoms. The third-order valence-corrected chi connectivity index (χ3v) is 5.06. The van der Waals surface area contributed by atoms with E-state index in [1.54, 1.807) is 12.1 Å². The van der Waals surface area contributed by atoms with E-state index in [2.05, 4.69) is 21.2 Å². The molecule has 6 heteroatoms. The summed E-state index contributed by atoms with van der Waals surface area (Å²) in [6, 6.07) is 21.6. The predicted molar refractivity (Wildman–Crippen MR) is 116 cm³/mol. The first-order chi connectivity index (χ1) is 14.0. The van der Waals surface area contributed by atoms with Crippen LogP contribution in [0.4, 0.5) is 5.69 Å². The molecule has 3 aromatic carbocycles. The third kappa shape index (κ3) is 4.07. The van der Waals surface area contributed by atoms with E-state index in [0.717, 1.165) is 11.3 Å². The molecular weight excluding hydrogens is 434 g/mol. The molecule has 29 heavy (non-hydrogen) atoms. The maximum atomic E-state index is 12.8. The van der Waals surface area contributed by atoms with Crippen LogP contribution in [0.2, 0.25) is 0 Å². The number of ether oxygens (including phenoxy) is 1. The Morgan fingerprint density at radius 3 is 2.48 bits per heavy atom. The number of fused-ring (bicyclic) bond motifs is 1. The van der Waals surface area contributed by atoms with Crippen molar-refractivity contribution in [2.45, 2.75) is 6.92 Å². The fraction of sp³-hybridized carbons (Fsp3) is 0.0435. The van der Waals surface area contributed by atoms with Crippen LogP contribution < -0.4 is 15.5 Å². The Balaban J connectivity index is 1.74. The second-order valence-electron chi connectivity index (χ2n) is 6.40. The minimum absolute atomic E-state index is 0.213. The van der Waals surface area contributed by atoms with Crippen molar-refractivity contribution in [2.24, 2.45) is 0 Å². The van der Waals surface area contributed by atoms with E-state index < -0.39 is 0 Å². The van der Waals surface area contributed by atoms with Crippen molar-refractivity contribution in [3.63, 3.8) is 0 Å². The van der Waals surface area contributed by atoms with Crippen LogP contribution >= 0.6 is 15.9 Å². The number of rotatable bonds is 4. The van der Waals surface area contributed by atoms with Crippen molar-refractivity contribution in [1.82, 2.24) is 0 Å². The molecule has 0 radical (unpaired) electrons. The van der Waals surface area contributed by atoms with Gasteiger partial charge in [0.15, 0.2) is 5.43 Å². The molecule has 0 fully saturated rings. The first-order valence-corrected chi connectivity index (χ1v) is 9.68. The summed E-state index contributed by atoms with van der Waals surface area (Å²) in [5.74, 6) is 1.57. The number of amides is 1. The topological polar surface area (TPSA) is 68.5 Å². The number of anilines is 1. The lowest BCUT2D eigenvalue weighted by atomic mass is 10.1. The Labute approximate surface area is 175 Å². The molecule has 1 N–H and O–H groups in total. The van der Waals surface area contributed by atoms with Gasteiger partial charge in [-0.05, 0) is 52.3 Å². The summed E-state index contributed by atoms with van der Waals surface area (Å²) in [6.45, 7) is 1.41. The predicted octanol–water partition coefficient (Wildman–Crippen LogP) is 5.97. The van der Waals surface area contributed by atoms with Gasteiger partial charge in [-0.15, -0.1) is 0 Å². The largest absolute Gasteiger partial charge is 0.457 e. The van der Waals surface area contributed by atoms with Crippen LogP contribution in [0.1, 0.15) is 6.92 Å². The Morgan fingerprint density at radius 1 is 0.966 bits per heavy atom. The van der Waals surface area contributed by atoms with E-state index in [1.807, 2.05) is 54.6 Å².